The zero-order valence-electron chi connectivity index (χ0n) is 13.6. The molecule has 0 aliphatic rings. The molecule has 0 aliphatic heterocycles. The number of carbonyl (C=O) groups excluding carboxylic acids is 1. The second-order valence-electron chi connectivity index (χ2n) is 5.32. The van der Waals surface area contributed by atoms with E-state index in [1.54, 1.807) is 43.6 Å². The minimum Gasteiger partial charge on any atom is -0.492 e. The number of amides is 1. The Bertz CT molecular complexity index is 852. The summed E-state index contributed by atoms with van der Waals surface area (Å²) < 4.78 is 23.6. The van der Waals surface area contributed by atoms with Crippen LogP contribution in [0, 0.1) is 5.82 Å². The smallest absolute Gasteiger partial charge is 0.292 e. The molecule has 2 heterocycles. The van der Waals surface area contributed by atoms with Crippen LogP contribution in [-0.2, 0) is 0 Å². The lowest BCUT2D eigenvalue weighted by atomic mass is 10.2. The van der Waals surface area contributed by atoms with Gasteiger partial charge in [0, 0.05) is 25.4 Å². The van der Waals surface area contributed by atoms with E-state index in [9.17, 15) is 9.18 Å². The van der Waals surface area contributed by atoms with Gasteiger partial charge in [0.15, 0.2) is 0 Å². The number of aromatic nitrogens is 2. The van der Waals surface area contributed by atoms with Crippen LogP contribution in [0.3, 0.4) is 0 Å². The van der Waals surface area contributed by atoms with Gasteiger partial charge in [0.05, 0.1) is 12.2 Å². The van der Waals surface area contributed by atoms with Crippen LogP contribution in [0.15, 0.2) is 59.3 Å². The van der Waals surface area contributed by atoms with Crippen molar-refractivity contribution in [2.45, 2.75) is 0 Å². The fraction of sp³-hybridized carbons (Fsp3) is 0.167. The number of pyridine rings is 1. The van der Waals surface area contributed by atoms with Crippen LogP contribution in [0.5, 0.6) is 5.75 Å². The highest BCUT2D eigenvalue weighted by atomic mass is 19.1. The van der Waals surface area contributed by atoms with Gasteiger partial charge in [-0.3, -0.25) is 9.78 Å². The van der Waals surface area contributed by atoms with Gasteiger partial charge in [-0.2, -0.15) is 0 Å². The molecule has 2 aromatic heterocycles. The highest BCUT2D eigenvalue weighted by Gasteiger charge is 2.18. The van der Waals surface area contributed by atoms with Gasteiger partial charge < -0.3 is 14.2 Å². The molecule has 3 aromatic rings. The summed E-state index contributed by atoms with van der Waals surface area (Å²) in [5, 5.41) is 3.87. The zero-order chi connectivity index (χ0) is 17.6. The molecule has 0 N–H and O–H groups in total. The molecule has 0 unspecified atom stereocenters. The second kappa shape index (κ2) is 7.57. The van der Waals surface area contributed by atoms with Gasteiger partial charge >= 0.3 is 0 Å². The Kier molecular flexibility index (Phi) is 5.03. The van der Waals surface area contributed by atoms with Crippen molar-refractivity contribution in [1.29, 1.82) is 0 Å². The molecule has 7 heteroatoms. The van der Waals surface area contributed by atoms with E-state index in [1.807, 2.05) is 6.07 Å². The Morgan fingerprint density at radius 1 is 1.20 bits per heavy atom. The number of nitrogens with zero attached hydrogens (tertiary/aromatic N) is 3. The first-order valence-electron chi connectivity index (χ1n) is 7.65. The van der Waals surface area contributed by atoms with E-state index in [0.717, 1.165) is 0 Å². The molecule has 0 radical (unpaired) electrons. The summed E-state index contributed by atoms with van der Waals surface area (Å²) in [4.78, 5) is 17.9. The van der Waals surface area contributed by atoms with E-state index >= 15 is 0 Å². The number of rotatable bonds is 6. The molecule has 128 valence electrons. The van der Waals surface area contributed by atoms with Crippen molar-refractivity contribution in [3.63, 3.8) is 0 Å². The Morgan fingerprint density at radius 2 is 2.08 bits per heavy atom. The fourth-order valence-electron chi connectivity index (χ4n) is 2.16. The SMILES string of the molecule is CN(CCOc1cccc(F)c1)C(=O)c1cc(-c2ccccn2)no1. The van der Waals surface area contributed by atoms with E-state index in [2.05, 4.69) is 10.1 Å². The van der Waals surface area contributed by atoms with Crippen LogP contribution >= 0.6 is 0 Å². The van der Waals surface area contributed by atoms with Crippen molar-refractivity contribution in [3.8, 4) is 17.1 Å². The van der Waals surface area contributed by atoms with Crippen LogP contribution in [0.2, 0.25) is 0 Å². The number of likely N-dealkylation sites (N-methyl/N-ethyl adjacent to an activating group) is 1. The molecule has 0 bridgehead atoms. The molecule has 0 saturated heterocycles. The predicted molar refractivity (Wildman–Crippen MR) is 88.6 cm³/mol. The molecule has 25 heavy (non-hydrogen) atoms. The quantitative estimate of drug-likeness (QED) is 0.689. The zero-order valence-corrected chi connectivity index (χ0v) is 13.6. The highest BCUT2D eigenvalue weighted by Crippen LogP contribution is 2.17. The maximum Gasteiger partial charge on any atom is 0.292 e. The normalized spacial score (nSPS) is 10.5. The highest BCUT2D eigenvalue weighted by molar-refractivity contribution is 5.92. The number of ether oxygens (including phenoxy) is 1. The molecule has 0 spiro atoms. The standard InChI is InChI=1S/C18H16FN3O3/c1-22(9-10-24-14-6-4-5-13(19)11-14)18(23)17-12-16(21-25-17)15-7-2-3-8-20-15/h2-8,11-12H,9-10H2,1H3. The summed E-state index contributed by atoms with van der Waals surface area (Å²) >= 11 is 0. The van der Waals surface area contributed by atoms with Crippen LogP contribution in [-0.4, -0.2) is 41.1 Å². The van der Waals surface area contributed by atoms with Crippen LogP contribution in [0.4, 0.5) is 4.39 Å². The number of benzene rings is 1. The number of halogens is 1. The second-order valence-corrected chi connectivity index (χ2v) is 5.32. The number of hydrogen-bond donors (Lipinski definition) is 0. The van der Waals surface area contributed by atoms with Crippen molar-refractivity contribution < 1.29 is 18.4 Å². The minimum absolute atomic E-state index is 0.119. The molecular weight excluding hydrogens is 325 g/mol. The molecule has 0 aliphatic carbocycles. The summed E-state index contributed by atoms with van der Waals surface area (Å²) in [6, 6.07) is 12.8. The van der Waals surface area contributed by atoms with Crippen molar-refractivity contribution in [2.24, 2.45) is 0 Å². The lowest BCUT2D eigenvalue weighted by Crippen LogP contribution is -2.30. The Labute approximate surface area is 143 Å². The van der Waals surface area contributed by atoms with E-state index in [0.29, 0.717) is 23.7 Å². The summed E-state index contributed by atoms with van der Waals surface area (Å²) in [5.41, 5.74) is 1.12. The molecule has 6 nitrogen and oxygen atoms in total. The van der Waals surface area contributed by atoms with Gasteiger partial charge in [0.25, 0.3) is 5.91 Å². The van der Waals surface area contributed by atoms with Gasteiger partial charge in [0.1, 0.15) is 23.9 Å². The molecule has 0 fully saturated rings. The summed E-state index contributed by atoms with van der Waals surface area (Å²) in [6.07, 6.45) is 1.64. The number of carbonyl (C=O) groups is 1. The predicted octanol–water partition coefficient (Wildman–Crippen LogP) is 3.03. The topological polar surface area (TPSA) is 68.5 Å². The molecule has 3 rings (SSSR count). The van der Waals surface area contributed by atoms with Crippen LogP contribution in [0.25, 0.3) is 11.4 Å². The largest absolute Gasteiger partial charge is 0.492 e. The van der Waals surface area contributed by atoms with Crippen molar-refractivity contribution in [1.82, 2.24) is 15.0 Å². The Morgan fingerprint density at radius 3 is 2.84 bits per heavy atom. The summed E-state index contributed by atoms with van der Waals surface area (Å²) in [6.45, 7) is 0.544. The van der Waals surface area contributed by atoms with Crippen molar-refractivity contribution in [2.75, 3.05) is 20.2 Å². The molecule has 1 amide bonds. The van der Waals surface area contributed by atoms with Crippen LogP contribution in [0.1, 0.15) is 10.6 Å². The van der Waals surface area contributed by atoms with Gasteiger partial charge in [-0.25, -0.2) is 4.39 Å². The molecule has 0 atom stereocenters. The van der Waals surface area contributed by atoms with Gasteiger partial charge in [0.2, 0.25) is 5.76 Å². The Hall–Kier alpha value is -3.22. The molecule has 0 saturated carbocycles. The first kappa shape index (κ1) is 16.6. The fourth-order valence-corrected chi connectivity index (χ4v) is 2.16. The maximum absolute atomic E-state index is 13.1. The maximum atomic E-state index is 13.1. The average Bonchev–Trinajstić information content (AvgIpc) is 3.12. The van der Waals surface area contributed by atoms with Gasteiger partial charge in [-0.15, -0.1) is 0 Å². The van der Waals surface area contributed by atoms with E-state index in [-0.39, 0.29) is 24.1 Å². The van der Waals surface area contributed by atoms with Gasteiger partial charge in [-0.05, 0) is 24.3 Å². The minimum atomic E-state index is -0.370. The van der Waals surface area contributed by atoms with E-state index in [1.165, 1.54) is 17.0 Å². The van der Waals surface area contributed by atoms with E-state index < -0.39 is 0 Å². The third-order valence-electron chi connectivity index (χ3n) is 3.49. The molecular formula is C18H16FN3O3. The number of hydrogen-bond acceptors (Lipinski definition) is 5. The molecule has 1 aromatic carbocycles. The first-order chi connectivity index (χ1) is 12.1. The first-order valence-corrected chi connectivity index (χ1v) is 7.65. The lowest BCUT2D eigenvalue weighted by Gasteiger charge is -2.15. The van der Waals surface area contributed by atoms with Crippen molar-refractivity contribution >= 4 is 5.91 Å². The third kappa shape index (κ3) is 4.20. The third-order valence-corrected chi connectivity index (χ3v) is 3.49. The van der Waals surface area contributed by atoms with E-state index in [4.69, 9.17) is 9.26 Å². The van der Waals surface area contributed by atoms with Crippen LogP contribution < -0.4 is 4.74 Å². The lowest BCUT2D eigenvalue weighted by molar-refractivity contribution is 0.0732. The Balaban J connectivity index is 1.56. The van der Waals surface area contributed by atoms with Crippen molar-refractivity contribution in [3.05, 3.63) is 66.3 Å². The average molecular weight is 341 g/mol. The summed E-state index contributed by atoms with van der Waals surface area (Å²) in [7, 11) is 1.63. The van der Waals surface area contributed by atoms with Gasteiger partial charge in [-0.1, -0.05) is 17.3 Å². The summed E-state index contributed by atoms with van der Waals surface area (Å²) in [5.74, 6) is -0.157. The monoisotopic (exact) mass is 341 g/mol.